The van der Waals surface area contributed by atoms with Gasteiger partial charge in [0.05, 0.1) is 10.8 Å². The highest BCUT2D eigenvalue weighted by atomic mass is 16.6. The van der Waals surface area contributed by atoms with Crippen LogP contribution in [0.4, 0.5) is 0 Å². The molecule has 0 aromatic heterocycles. The molecule has 0 aliphatic heterocycles. The third-order valence-electron chi connectivity index (χ3n) is 6.67. The SMILES string of the molecule is CCCC(=O)O[C@@H](C)CC(N)(Cc1ccc(OC(=O)C(C)(C)CC)c(OC(=O)C(C)(C)CC)c1)C(=O)O. The summed E-state index contributed by atoms with van der Waals surface area (Å²) in [4.78, 5) is 49.5. The van der Waals surface area contributed by atoms with Crippen LogP contribution in [0.2, 0.25) is 0 Å². The minimum Gasteiger partial charge on any atom is -0.480 e. The highest BCUT2D eigenvalue weighted by molar-refractivity contribution is 5.82. The number of hydrogen-bond donors (Lipinski definition) is 2. The molecule has 0 radical (unpaired) electrons. The van der Waals surface area contributed by atoms with Crippen LogP contribution in [-0.4, -0.2) is 40.6 Å². The van der Waals surface area contributed by atoms with E-state index in [2.05, 4.69) is 0 Å². The van der Waals surface area contributed by atoms with Gasteiger partial charge in [-0.3, -0.25) is 19.2 Å². The Morgan fingerprint density at radius 2 is 1.43 bits per heavy atom. The van der Waals surface area contributed by atoms with E-state index >= 15 is 0 Å². The van der Waals surface area contributed by atoms with E-state index in [4.69, 9.17) is 19.9 Å². The minimum absolute atomic E-state index is 0.000520. The first kappa shape index (κ1) is 32.1. The lowest BCUT2D eigenvalue weighted by Gasteiger charge is -2.28. The first-order valence-corrected chi connectivity index (χ1v) is 12.8. The van der Waals surface area contributed by atoms with Gasteiger partial charge in [0.25, 0.3) is 0 Å². The summed E-state index contributed by atoms with van der Waals surface area (Å²) in [6.45, 7) is 14.1. The van der Waals surface area contributed by atoms with E-state index in [-0.39, 0.29) is 30.8 Å². The van der Waals surface area contributed by atoms with Crippen molar-refractivity contribution in [1.29, 1.82) is 0 Å². The summed E-state index contributed by atoms with van der Waals surface area (Å²) in [5.74, 6) is -2.65. The van der Waals surface area contributed by atoms with Gasteiger partial charge in [-0.25, -0.2) is 0 Å². The molecule has 3 N–H and O–H groups in total. The number of benzene rings is 1. The van der Waals surface area contributed by atoms with Crippen molar-refractivity contribution in [2.45, 2.75) is 106 Å². The van der Waals surface area contributed by atoms with Gasteiger partial charge in [0, 0.05) is 19.3 Å². The highest BCUT2D eigenvalue weighted by Crippen LogP contribution is 2.35. The topological polar surface area (TPSA) is 142 Å². The zero-order chi connectivity index (χ0) is 28.6. The monoisotopic (exact) mass is 521 g/mol. The van der Waals surface area contributed by atoms with Crippen LogP contribution >= 0.6 is 0 Å². The summed E-state index contributed by atoms with van der Waals surface area (Å²) >= 11 is 0. The van der Waals surface area contributed by atoms with Gasteiger partial charge in [-0.2, -0.15) is 0 Å². The van der Waals surface area contributed by atoms with Crippen LogP contribution in [0.25, 0.3) is 0 Å². The molecule has 1 unspecified atom stereocenters. The number of hydrogen-bond acceptors (Lipinski definition) is 8. The van der Waals surface area contributed by atoms with Crippen molar-refractivity contribution in [3.8, 4) is 11.5 Å². The molecule has 0 bridgehead atoms. The van der Waals surface area contributed by atoms with Crippen LogP contribution in [0, 0.1) is 10.8 Å². The molecule has 0 saturated carbocycles. The van der Waals surface area contributed by atoms with Gasteiger partial charge in [0.15, 0.2) is 11.5 Å². The molecule has 0 saturated heterocycles. The second-order valence-electron chi connectivity index (χ2n) is 10.9. The number of rotatable bonds is 14. The maximum Gasteiger partial charge on any atom is 0.324 e. The average molecular weight is 522 g/mol. The van der Waals surface area contributed by atoms with Crippen molar-refractivity contribution in [2.24, 2.45) is 16.6 Å². The van der Waals surface area contributed by atoms with Gasteiger partial charge in [0.1, 0.15) is 11.6 Å². The third-order valence-corrected chi connectivity index (χ3v) is 6.67. The number of aliphatic carboxylic acids is 1. The second kappa shape index (κ2) is 13.0. The van der Waals surface area contributed by atoms with Gasteiger partial charge in [0.2, 0.25) is 0 Å². The third kappa shape index (κ3) is 9.14. The number of carbonyl (C=O) groups excluding carboxylic acids is 3. The number of ether oxygens (including phenoxy) is 3. The fourth-order valence-corrected chi connectivity index (χ4v) is 3.23. The lowest BCUT2D eigenvalue weighted by Crippen LogP contribution is -2.52. The van der Waals surface area contributed by atoms with E-state index in [1.165, 1.54) is 12.1 Å². The molecular weight excluding hydrogens is 478 g/mol. The van der Waals surface area contributed by atoms with E-state index in [0.29, 0.717) is 24.8 Å². The van der Waals surface area contributed by atoms with Gasteiger partial charge < -0.3 is 25.1 Å². The summed E-state index contributed by atoms with van der Waals surface area (Å²) in [6, 6.07) is 4.50. The summed E-state index contributed by atoms with van der Waals surface area (Å²) in [5, 5.41) is 9.90. The highest BCUT2D eigenvalue weighted by Gasteiger charge is 2.38. The van der Waals surface area contributed by atoms with Crippen molar-refractivity contribution in [3.63, 3.8) is 0 Å². The maximum absolute atomic E-state index is 12.8. The van der Waals surface area contributed by atoms with E-state index in [9.17, 15) is 24.3 Å². The molecule has 0 aliphatic rings. The molecule has 0 heterocycles. The first-order valence-electron chi connectivity index (χ1n) is 12.8. The van der Waals surface area contributed by atoms with Gasteiger partial charge in [-0.15, -0.1) is 0 Å². The van der Waals surface area contributed by atoms with Crippen LogP contribution in [0.1, 0.15) is 93.1 Å². The second-order valence-corrected chi connectivity index (χ2v) is 10.9. The maximum atomic E-state index is 12.8. The molecule has 37 heavy (non-hydrogen) atoms. The Morgan fingerprint density at radius 1 is 0.919 bits per heavy atom. The van der Waals surface area contributed by atoms with Gasteiger partial charge in [-0.1, -0.05) is 26.8 Å². The molecule has 0 aliphatic carbocycles. The fourth-order valence-electron chi connectivity index (χ4n) is 3.23. The number of carboxylic acid groups (broad SMARTS) is 1. The number of carboxylic acids is 1. The zero-order valence-electron chi connectivity index (χ0n) is 23.4. The summed E-state index contributed by atoms with van der Waals surface area (Å²) < 4.78 is 16.5. The summed E-state index contributed by atoms with van der Waals surface area (Å²) in [6.07, 6.45) is 0.902. The Balaban J connectivity index is 3.34. The molecule has 9 heteroatoms. The number of nitrogens with two attached hydrogens (primary N) is 1. The predicted molar refractivity (Wildman–Crippen MR) is 139 cm³/mol. The molecule has 9 nitrogen and oxygen atoms in total. The summed E-state index contributed by atoms with van der Waals surface area (Å²) in [5.41, 5.74) is 3.40. The lowest BCUT2D eigenvalue weighted by molar-refractivity contribution is -0.153. The van der Waals surface area contributed by atoms with Crippen LogP contribution in [0.3, 0.4) is 0 Å². The molecular formula is C28H43NO8. The quantitative estimate of drug-likeness (QED) is 0.260. The van der Waals surface area contributed by atoms with Crippen LogP contribution in [0.5, 0.6) is 11.5 Å². The van der Waals surface area contributed by atoms with Crippen molar-refractivity contribution in [3.05, 3.63) is 23.8 Å². The standard InChI is InChI=1S/C28H43NO8/c1-9-12-22(30)35-18(4)16-28(29,23(31)32)17-19-13-14-20(36-24(33)26(5,6)10-2)21(15-19)37-25(34)27(7,8)11-3/h13-15,18H,9-12,16-17,29H2,1-8H3,(H,31,32)/t18-,28?/m0/s1. The predicted octanol–water partition coefficient (Wildman–Crippen LogP) is 4.82. The molecule has 208 valence electrons. The van der Waals surface area contributed by atoms with E-state index in [1.807, 2.05) is 20.8 Å². The van der Waals surface area contributed by atoms with E-state index < -0.39 is 46.4 Å². The molecule has 0 spiro atoms. The molecule has 2 atom stereocenters. The molecule has 1 aromatic carbocycles. The molecule has 1 aromatic rings. The molecule has 1 rings (SSSR count). The smallest absolute Gasteiger partial charge is 0.324 e. The summed E-state index contributed by atoms with van der Waals surface area (Å²) in [7, 11) is 0. The van der Waals surface area contributed by atoms with E-state index in [0.717, 1.165) is 0 Å². The molecule has 0 amide bonds. The Kier molecular flexibility index (Phi) is 11.3. The van der Waals surface area contributed by atoms with Crippen molar-refractivity contribution >= 4 is 23.9 Å². The van der Waals surface area contributed by atoms with Gasteiger partial charge in [-0.05, 0) is 71.6 Å². The Labute approximate surface area is 220 Å². The van der Waals surface area contributed by atoms with Crippen LogP contribution in [0.15, 0.2) is 18.2 Å². The van der Waals surface area contributed by atoms with Crippen molar-refractivity contribution in [1.82, 2.24) is 0 Å². The normalized spacial score (nSPS) is 14.3. The fraction of sp³-hybridized carbons (Fsp3) is 0.643. The van der Waals surface area contributed by atoms with Crippen LogP contribution < -0.4 is 15.2 Å². The van der Waals surface area contributed by atoms with E-state index in [1.54, 1.807) is 40.7 Å². The Hall–Kier alpha value is -2.94. The average Bonchev–Trinajstić information content (AvgIpc) is 2.80. The Bertz CT molecular complexity index is 984. The van der Waals surface area contributed by atoms with Crippen LogP contribution in [-0.2, 0) is 30.3 Å². The minimum atomic E-state index is -1.77. The molecule has 0 fully saturated rings. The van der Waals surface area contributed by atoms with Crippen molar-refractivity contribution in [2.75, 3.05) is 0 Å². The largest absolute Gasteiger partial charge is 0.480 e. The van der Waals surface area contributed by atoms with Crippen molar-refractivity contribution < 1.29 is 38.5 Å². The Morgan fingerprint density at radius 3 is 1.89 bits per heavy atom. The number of esters is 3. The first-order chi connectivity index (χ1) is 17.0. The van der Waals surface area contributed by atoms with Gasteiger partial charge >= 0.3 is 23.9 Å². The number of carbonyl (C=O) groups is 4. The lowest BCUT2D eigenvalue weighted by atomic mass is 9.86. The zero-order valence-corrected chi connectivity index (χ0v) is 23.4.